The highest BCUT2D eigenvalue weighted by molar-refractivity contribution is 7.90. The molecule has 140 valence electrons. The molecule has 4 heteroatoms. The second kappa shape index (κ2) is 7.13. The molecule has 1 aromatic heterocycles. The van der Waals surface area contributed by atoms with Gasteiger partial charge in [0, 0.05) is 23.0 Å². The summed E-state index contributed by atoms with van der Waals surface area (Å²) in [5.74, 6) is 0. The van der Waals surface area contributed by atoms with Crippen molar-refractivity contribution in [1.29, 1.82) is 0 Å². The van der Waals surface area contributed by atoms with Crippen LogP contribution in [0.2, 0.25) is 0 Å². The van der Waals surface area contributed by atoms with Crippen LogP contribution >= 0.6 is 0 Å². The van der Waals surface area contributed by atoms with Gasteiger partial charge in [0.05, 0.1) is 4.90 Å². The van der Waals surface area contributed by atoms with Crippen molar-refractivity contribution >= 4 is 10.0 Å². The Morgan fingerprint density at radius 1 is 0.679 bits per heavy atom. The Bertz CT molecular complexity index is 1210. The van der Waals surface area contributed by atoms with Gasteiger partial charge in [-0.1, -0.05) is 78.4 Å². The van der Waals surface area contributed by atoms with E-state index in [1.165, 1.54) is 3.97 Å². The summed E-state index contributed by atoms with van der Waals surface area (Å²) in [4.78, 5) is 0.287. The van der Waals surface area contributed by atoms with E-state index in [1.54, 1.807) is 18.3 Å². The SMILES string of the molecule is Cc1ccc(S(=O)(=O)n2cc(-c3ccccc3)c(-c3ccccc3)c2C)cc1. The lowest BCUT2D eigenvalue weighted by Crippen LogP contribution is -2.13. The Morgan fingerprint density at radius 2 is 1.21 bits per heavy atom. The Morgan fingerprint density at radius 3 is 1.79 bits per heavy atom. The number of hydrogen-bond donors (Lipinski definition) is 0. The van der Waals surface area contributed by atoms with Crippen LogP contribution in [0.15, 0.2) is 96.0 Å². The maximum Gasteiger partial charge on any atom is 0.267 e. The highest BCUT2D eigenvalue weighted by Crippen LogP contribution is 2.37. The van der Waals surface area contributed by atoms with E-state index in [4.69, 9.17) is 0 Å². The van der Waals surface area contributed by atoms with Crippen LogP contribution in [0, 0.1) is 13.8 Å². The van der Waals surface area contributed by atoms with Gasteiger partial charge in [0.25, 0.3) is 10.0 Å². The van der Waals surface area contributed by atoms with Crippen LogP contribution < -0.4 is 0 Å². The Kier molecular flexibility index (Phi) is 4.65. The summed E-state index contributed by atoms with van der Waals surface area (Å²) in [7, 11) is -3.69. The van der Waals surface area contributed by atoms with E-state index in [9.17, 15) is 8.42 Å². The molecule has 0 saturated heterocycles. The molecular weight excluding hydrogens is 366 g/mol. The van der Waals surface area contributed by atoms with Crippen molar-refractivity contribution in [2.75, 3.05) is 0 Å². The van der Waals surface area contributed by atoms with E-state index in [1.807, 2.05) is 86.6 Å². The standard InChI is InChI=1S/C24H21NO2S/c1-18-13-15-22(16-14-18)28(26,27)25-17-23(20-9-5-3-6-10-20)24(19(25)2)21-11-7-4-8-12-21/h3-17H,1-2H3. The topological polar surface area (TPSA) is 39.1 Å². The molecule has 0 saturated carbocycles. The number of aromatic nitrogens is 1. The summed E-state index contributed by atoms with van der Waals surface area (Å²) in [6.07, 6.45) is 1.74. The van der Waals surface area contributed by atoms with E-state index in [2.05, 4.69) is 0 Å². The van der Waals surface area contributed by atoms with Crippen molar-refractivity contribution in [3.8, 4) is 22.3 Å². The lowest BCUT2D eigenvalue weighted by molar-refractivity contribution is 0.586. The second-order valence-electron chi connectivity index (χ2n) is 6.85. The molecule has 0 aliphatic heterocycles. The Labute approximate surface area is 166 Å². The predicted molar refractivity (Wildman–Crippen MR) is 114 cm³/mol. The smallest absolute Gasteiger partial charge is 0.245 e. The Hall–Kier alpha value is -3.11. The van der Waals surface area contributed by atoms with Gasteiger partial charge >= 0.3 is 0 Å². The first-order valence-electron chi connectivity index (χ1n) is 9.13. The van der Waals surface area contributed by atoms with Crippen LogP contribution in [0.3, 0.4) is 0 Å². The van der Waals surface area contributed by atoms with Crippen LogP contribution in [0.5, 0.6) is 0 Å². The van der Waals surface area contributed by atoms with Gasteiger partial charge in [0.2, 0.25) is 0 Å². The molecule has 0 fully saturated rings. The lowest BCUT2D eigenvalue weighted by Gasteiger charge is -2.10. The van der Waals surface area contributed by atoms with Gasteiger partial charge in [0.15, 0.2) is 0 Å². The number of nitrogens with zero attached hydrogens (tertiary/aromatic N) is 1. The van der Waals surface area contributed by atoms with Crippen molar-refractivity contribution < 1.29 is 8.42 Å². The van der Waals surface area contributed by atoms with E-state index in [0.717, 1.165) is 27.8 Å². The van der Waals surface area contributed by atoms with Crippen LogP contribution in [-0.4, -0.2) is 12.4 Å². The summed E-state index contributed by atoms with van der Waals surface area (Å²) in [6, 6.07) is 26.8. The lowest BCUT2D eigenvalue weighted by atomic mass is 9.97. The summed E-state index contributed by atoms with van der Waals surface area (Å²) in [6.45, 7) is 3.80. The minimum atomic E-state index is -3.69. The maximum atomic E-state index is 13.4. The third-order valence-corrected chi connectivity index (χ3v) is 6.70. The maximum absolute atomic E-state index is 13.4. The highest BCUT2D eigenvalue weighted by Gasteiger charge is 2.24. The zero-order valence-electron chi connectivity index (χ0n) is 15.8. The van der Waals surface area contributed by atoms with Crippen LogP contribution in [0.25, 0.3) is 22.3 Å². The van der Waals surface area contributed by atoms with E-state index < -0.39 is 10.0 Å². The summed E-state index contributed by atoms with van der Waals surface area (Å²) in [5.41, 5.74) is 5.55. The van der Waals surface area contributed by atoms with Crippen molar-refractivity contribution in [1.82, 2.24) is 3.97 Å². The number of aryl methyl sites for hydroxylation is 1. The van der Waals surface area contributed by atoms with E-state index in [-0.39, 0.29) is 4.90 Å². The van der Waals surface area contributed by atoms with Gasteiger partial charge in [-0.3, -0.25) is 0 Å². The minimum absolute atomic E-state index is 0.287. The summed E-state index contributed by atoms with van der Waals surface area (Å²) >= 11 is 0. The number of rotatable bonds is 4. The summed E-state index contributed by atoms with van der Waals surface area (Å²) in [5, 5.41) is 0. The molecule has 0 aliphatic rings. The third kappa shape index (κ3) is 3.16. The fourth-order valence-corrected chi connectivity index (χ4v) is 4.87. The quantitative estimate of drug-likeness (QED) is 0.452. The van der Waals surface area contributed by atoms with Gasteiger partial charge in [-0.15, -0.1) is 0 Å². The monoisotopic (exact) mass is 387 g/mol. The van der Waals surface area contributed by atoms with Gasteiger partial charge in [0.1, 0.15) is 0 Å². The van der Waals surface area contributed by atoms with E-state index in [0.29, 0.717) is 5.69 Å². The third-order valence-electron chi connectivity index (χ3n) is 4.93. The zero-order chi connectivity index (χ0) is 19.7. The van der Waals surface area contributed by atoms with E-state index >= 15 is 0 Å². The Balaban J connectivity index is 1.98. The molecule has 28 heavy (non-hydrogen) atoms. The van der Waals surface area contributed by atoms with Crippen LogP contribution in [-0.2, 0) is 10.0 Å². The first kappa shape index (κ1) is 18.3. The summed E-state index contributed by atoms with van der Waals surface area (Å²) < 4.78 is 28.1. The van der Waals surface area contributed by atoms with Crippen molar-refractivity contribution in [2.24, 2.45) is 0 Å². The molecule has 0 bridgehead atoms. The van der Waals surface area contributed by atoms with Crippen molar-refractivity contribution in [2.45, 2.75) is 18.7 Å². The second-order valence-corrected chi connectivity index (χ2v) is 8.66. The molecule has 0 radical (unpaired) electrons. The van der Waals surface area contributed by atoms with Gasteiger partial charge in [-0.2, -0.15) is 0 Å². The number of benzene rings is 3. The first-order valence-corrected chi connectivity index (χ1v) is 10.6. The molecule has 4 rings (SSSR count). The minimum Gasteiger partial charge on any atom is -0.245 e. The molecule has 0 N–H and O–H groups in total. The van der Waals surface area contributed by atoms with Gasteiger partial charge in [-0.05, 0) is 37.1 Å². The average molecular weight is 388 g/mol. The van der Waals surface area contributed by atoms with Crippen molar-refractivity contribution in [3.05, 3.63) is 102 Å². The fraction of sp³-hybridized carbons (Fsp3) is 0.0833. The zero-order valence-corrected chi connectivity index (χ0v) is 16.6. The molecule has 0 spiro atoms. The molecule has 0 unspecified atom stereocenters. The molecule has 3 aromatic carbocycles. The van der Waals surface area contributed by atoms with Gasteiger partial charge < -0.3 is 0 Å². The first-order chi connectivity index (χ1) is 13.5. The van der Waals surface area contributed by atoms with Crippen molar-refractivity contribution in [3.63, 3.8) is 0 Å². The van der Waals surface area contributed by atoms with Crippen LogP contribution in [0.4, 0.5) is 0 Å². The number of hydrogen-bond acceptors (Lipinski definition) is 2. The molecule has 4 aromatic rings. The average Bonchev–Trinajstić information content (AvgIpc) is 3.07. The molecule has 1 heterocycles. The normalized spacial score (nSPS) is 11.5. The molecule has 0 atom stereocenters. The molecular formula is C24H21NO2S. The molecule has 0 amide bonds. The molecule has 3 nitrogen and oxygen atoms in total. The predicted octanol–water partition coefficient (Wildman–Crippen LogP) is 5.68. The highest BCUT2D eigenvalue weighted by atomic mass is 32.2. The fourth-order valence-electron chi connectivity index (χ4n) is 3.46. The largest absolute Gasteiger partial charge is 0.267 e. The van der Waals surface area contributed by atoms with Crippen LogP contribution in [0.1, 0.15) is 11.3 Å². The van der Waals surface area contributed by atoms with Gasteiger partial charge in [-0.25, -0.2) is 12.4 Å². The molecule has 0 aliphatic carbocycles.